The normalized spacial score (nSPS) is 11.8. The molecule has 3 amide bonds. The number of nitrogens with one attached hydrogen (secondary N) is 3. The van der Waals surface area contributed by atoms with Crippen LogP contribution in [0, 0.1) is 6.92 Å². The summed E-state index contributed by atoms with van der Waals surface area (Å²) in [7, 11) is 1.57. The number of carbonyl (C=O) groups is 3. The molecule has 1 unspecified atom stereocenters. The predicted molar refractivity (Wildman–Crippen MR) is 175 cm³/mol. The fraction of sp³-hybridized carbons (Fsp3) is 0.147. The summed E-state index contributed by atoms with van der Waals surface area (Å²) in [5, 5.41) is 8.81. The van der Waals surface area contributed by atoms with Crippen molar-refractivity contribution in [2.24, 2.45) is 0 Å². The van der Waals surface area contributed by atoms with Gasteiger partial charge in [-0.1, -0.05) is 61.0 Å². The zero-order chi connectivity index (χ0) is 30.8. The molecular formula is C34H32ClN3O4S. The Balaban J connectivity index is 1.51. The van der Waals surface area contributed by atoms with Crippen LogP contribution in [-0.4, -0.2) is 30.1 Å². The molecule has 0 aliphatic rings. The van der Waals surface area contributed by atoms with Crippen molar-refractivity contribution in [3.63, 3.8) is 0 Å². The molecule has 0 spiro atoms. The summed E-state index contributed by atoms with van der Waals surface area (Å²) in [6.45, 7) is 3.80. The van der Waals surface area contributed by atoms with Crippen molar-refractivity contribution in [3.8, 4) is 5.75 Å². The molecule has 4 rings (SSSR count). The van der Waals surface area contributed by atoms with E-state index in [1.165, 1.54) is 11.8 Å². The van der Waals surface area contributed by atoms with Gasteiger partial charge in [-0.2, -0.15) is 0 Å². The van der Waals surface area contributed by atoms with Gasteiger partial charge < -0.3 is 20.7 Å². The molecule has 220 valence electrons. The second kappa shape index (κ2) is 15.1. The molecule has 4 aromatic rings. The van der Waals surface area contributed by atoms with Gasteiger partial charge in [0.05, 0.1) is 12.4 Å². The third-order valence-electron chi connectivity index (χ3n) is 6.51. The third-order valence-corrected chi connectivity index (χ3v) is 8.28. The average Bonchev–Trinajstić information content (AvgIpc) is 3.02. The minimum absolute atomic E-state index is 0.0692. The highest BCUT2D eigenvalue weighted by Gasteiger charge is 2.20. The number of hydrogen-bond donors (Lipinski definition) is 3. The Bertz CT molecular complexity index is 1620. The molecule has 0 heterocycles. The number of amides is 3. The van der Waals surface area contributed by atoms with E-state index in [1.54, 1.807) is 92.0 Å². The molecule has 3 N–H and O–H groups in total. The van der Waals surface area contributed by atoms with Crippen LogP contribution in [0.2, 0.25) is 5.02 Å². The maximum Gasteiger partial charge on any atom is 0.272 e. The van der Waals surface area contributed by atoms with Gasteiger partial charge in [0.2, 0.25) is 5.91 Å². The van der Waals surface area contributed by atoms with Crippen LogP contribution in [0.15, 0.2) is 108 Å². The number of benzene rings is 4. The number of ether oxygens (including phenoxy) is 1. The lowest BCUT2D eigenvalue weighted by Crippen LogP contribution is -2.30. The van der Waals surface area contributed by atoms with Crippen molar-refractivity contribution in [1.29, 1.82) is 0 Å². The average molecular weight is 614 g/mol. The molecule has 0 aliphatic carbocycles. The molecule has 0 saturated carbocycles. The number of thioether (sulfide) groups is 1. The van der Waals surface area contributed by atoms with Crippen LogP contribution in [0.4, 0.5) is 11.4 Å². The van der Waals surface area contributed by atoms with Crippen molar-refractivity contribution < 1.29 is 19.1 Å². The van der Waals surface area contributed by atoms with E-state index in [9.17, 15) is 14.4 Å². The fourth-order valence-electron chi connectivity index (χ4n) is 4.10. The Hall–Kier alpha value is -4.53. The molecule has 0 radical (unpaired) electrons. The summed E-state index contributed by atoms with van der Waals surface area (Å²) in [6.07, 6.45) is 2.19. The number of halogens is 1. The minimum atomic E-state index is -0.497. The van der Waals surface area contributed by atoms with Crippen molar-refractivity contribution in [2.45, 2.75) is 30.4 Å². The molecule has 43 heavy (non-hydrogen) atoms. The molecule has 0 aromatic heterocycles. The van der Waals surface area contributed by atoms with E-state index < -0.39 is 11.8 Å². The molecular weight excluding hydrogens is 582 g/mol. The van der Waals surface area contributed by atoms with Crippen LogP contribution in [0.25, 0.3) is 6.08 Å². The van der Waals surface area contributed by atoms with Crippen LogP contribution >= 0.6 is 23.4 Å². The molecule has 1 atom stereocenters. The second-order valence-electron chi connectivity index (χ2n) is 9.55. The van der Waals surface area contributed by atoms with E-state index in [2.05, 4.69) is 16.0 Å². The number of rotatable bonds is 11. The fourth-order valence-corrected chi connectivity index (χ4v) is 5.29. The maximum absolute atomic E-state index is 13.5. The van der Waals surface area contributed by atoms with Gasteiger partial charge >= 0.3 is 0 Å². The first-order valence-electron chi connectivity index (χ1n) is 13.6. The smallest absolute Gasteiger partial charge is 0.272 e. The number of hydrogen-bond acceptors (Lipinski definition) is 5. The van der Waals surface area contributed by atoms with Gasteiger partial charge in [-0.25, -0.2) is 0 Å². The van der Waals surface area contributed by atoms with Gasteiger partial charge in [0, 0.05) is 26.9 Å². The Morgan fingerprint density at radius 1 is 0.907 bits per heavy atom. The lowest BCUT2D eigenvalue weighted by Gasteiger charge is -2.17. The van der Waals surface area contributed by atoms with E-state index in [4.69, 9.17) is 16.3 Å². The highest BCUT2D eigenvalue weighted by molar-refractivity contribution is 8.00. The highest BCUT2D eigenvalue weighted by Crippen LogP contribution is 2.30. The lowest BCUT2D eigenvalue weighted by atomic mass is 10.1. The van der Waals surface area contributed by atoms with Crippen LogP contribution < -0.4 is 20.7 Å². The Morgan fingerprint density at radius 3 is 2.33 bits per heavy atom. The largest absolute Gasteiger partial charge is 0.497 e. The minimum Gasteiger partial charge on any atom is -0.497 e. The SMILES string of the molecule is CCC(Sc1cccc(NC(=O)/C(=C\c2ccc(OC)cc2)NC(=O)c2ccccc2)c1)C(=O)Nc1cccc(Cl)c1C. The van der Waals surface area contributed by atoms with E-state index in [0.717, 1.165) is 10.5 Å². The number of methoxy groups -OCH3 is 1. The summed E-state index contributed by atoms with van der Waals surface area (Å²) in [6, 6.07) is 28.4. The second-order valence-corrected chi connectivity index (χ2v) is 11.2. The monoisotopic (exact) mass is 613 g/mol. The van der Waals surface area contributed by atoms with Crippen LogP contribution in [0.5, 0.6) is 5.75 Å². The van der Waals surface area contributed by atoms with E-state index in [0.29, 0.717) is 39.7 Å². The molecule has 7 nitrogen and oxygen atoms in total. The van der Waals surface area contributed by atoms with Crippen LogP contribution in [-0.2, 0) is 9.59 Å². The zero-order valence-electron chi connectivity index (χ0n) is 24.0. The zero-order valence-corrected chi connectivity index (χ0v) is 25.6. The topological polar surface area (TPSA) is 96.5 Å². The van der Waals surface area contributed by atoms with Crippen molar-refractivity contribution in [3.05, 3.63) is 124 Å². The molecule has 0 fully saturated rings. The number of anilines is 2. The van der Waals surface area contributed by atoms with Gasteiger partial charge in [-0.15, -0.1) is 11.8 Å². The van der Waals surface area contributed by atoms with Crippen LogP contribution in [0.1, 0.15) is 34.8 Å². The first-order valence-corrected chi connectivity index (χ1v) is 14.9. The van der Waals surface area contributed by atoms with Gasteiger partial charge in [0.25, 0.3) is 11.8 Å². The van der Waals surface area contributed by atoms with Crippen molar-refractivity contribution in [2.75, 3.05) is 17.7 Å². The summed E-state index contributed by atoms with van der Waals surface area (Å²) in [5.41, 5.74) is 3.19. The van der Waals surface area contributed by atoms with E-state index >= 15 is 0 Å². The molecule has 0 bridgehead atoms. The van der Waals surface area contributed by atoms with E-state index in [-0.39, 0.29) is 16.9 Å². The van der Waals surface area contributed by atoms with Gasteiger partial charge in [0.15, 0.2) is 0 Å². The van der Waals surface area contributed by atoms with Crippen LogP contribution in [0.3, 0.4) is 0 Å². The first kappa shape index (κ1) is 31.4. The highest BCUT2D eigenvalue weighted by atomic mass is 35.5. The number of carbonyl (C=O) groups excluding carboxylic acids is 3. The molecule has 9 heteroatoms. The van der Waals surface area contributed by atoms with E-state index in [1.807, 2.05) is 32.0 Å². The maximum atomic E-state index is 13.5. The quantitative estimate of drug-likeness (QED) is 0.120. The Labute approximate surface area is 260 Å². The van der Waals surface area contributed by atoms with Crippen molar-refractivity contribution >= 4 is 58.5 Å². The van der Waals surface area contributed by atoms with Gasteiger partial charge in [-0.05, 0) is 85.1 Å². The third kappa shape index (κ3) is 8.73. The Kier molecular flexibility index (Phi) is 11.0. The standard InChI is InChI=1S/C34H32ClN3O4S/c1-4-31(34(41)37-29-15-9-14-28(35)22(29)2)43-27-13-8-12-25(21-27)36-33(40)30(20-23-16-18-26(42-3)19-17-23)38-32(39)24-10-6-5-7-11-24/h5-21,31H,4H2,1-3H3,(H,36,40)(H,37,41)(H,38,39)/b30-20+. The summed E-state index contributed by atoms with van der Waals surface area (Å²) in [4.78, 5) is 40.3. The molecule has 4 aromatic carbocycles. The van der Waals surface area contributed by atoms with Gasteiger partial charge in [-0.3, -0.25) is 14.4 Å². The lowest BCUT2D eigenvalue weighted by molar-refractivity contribution is -0.116. The summed E-state index contributed by atoms with van der Waals surface area (Å²) in [5.74, 6) is -0.372. The summed E-state index contributed by atoms with van der Waals surface area (Å²) < 4.78 is 5.22. The molecule has 0 saturated heterocycles. The molecule has 0 aliphatic heterocycles. The first-order chi connectivity index (χ1) is 20.8. The van der Waals surface area contributed by atoms with Gasteiger partial charge in [0.1, 0.15) is 11.4 Å². The predicted octanol–water partition coefficient (Wildman–Crippen LogP) is 7.58. The Morgan fingerprint density at radius 2 is 1.63 bits per heavy atom. The summed E-state index contributed by atoms with van der Waals surface area (Å²) >= 11 is 7.61. The van der Waals surface area contributed by atoms with Crippen molar-refractivity contribution in [1.82, 2.24) is 5.32 Å².